The number of amides is 1. The molecule has 4 aromatic rings. The van der Waals surface area contributed by atoms with E-state index in [1.165, 1.54) is 20.2 Å². The molecule has 3 aromatic carbocycles. The average molecular weight is 453 g/mol. The van der Waals surface area contributed by atoms with Gasteiger partial charge in [0, 0.05) is 11.1 Å². The molecule has 1 amide bonds. The van der Waals surface area contributed by atoms with Crippen LogP contribution in [0.15, 0.2) is 70.6 Å². The highest BCUT2D eigenvalue weighted by atomic mass is 16.5. The lowest BCUT2D eigenvalue weighted by Gasteiger charge is -2.11. The fraction of sp³-hybridized carbons (Fsp3) is 0.0800. The second-order valence-electron chi connectivity index (χ2n) is 7.29. The maximum Gasteiger partial charge on any atom is 0.292 e. The predicted octanol–water partition coefficient (Wildman–Crippen LogP) is 3.04. The Morgan fingerprint density at radius 2 is 1.91 bits per heavy atom. The second kappa shape index (κ2) is 9.26. The van der Waals surface area contributed by atoms with Crippen LogP contribution in [0.4, 0.5) is 0 Å². The Balaban J connectivity index is 1.69. The number of nitrogens with one attached hydrogen (secondary N) is 1. The van der Waals surface area contributed by atoms with Crippen molar-refractivity contribution < 1.29 is 14.6 Å². The summed E-state index contributed by atoms with van der Waals surface area (Å²) in [5.74, 6) is -0.133. The molecule has 9 heteroatoms. The average Bonchev–Trinajstić information content (AvgIpc) is 2.86. The topological polar surface area (TPSA) is 130 Å². The molecular weight excluding hydrogens is 434 g/mol. The third-order valence-electron chi connectivity index (χ3n) is 5.29. The maximum absolute atomic E-state index is 12.9. The molecule has 0 radical (unpaired) electrons. The minimum atomic E-state index is -0.716. The van der Waals surface area contributed by atoms with Crippen molar-refractivity contribution in [2.75, 3.05) is 7.11 Å². The van der Waals surface area contributed by atoms with Gasteiger partial charge in [-0.2, -0.15) is 20.1 Å². The first-order valence-corrected chi connectivity index (χ1v) is 10.2. The zero-order valence-corrected chi connectivity index (χ0v) is 18.3. The molecule has 0 spiro atoms. The minimum Gasteiger partial charge on any atom is -0.507 e. The molecule has 0 bridgehead atoms. The van der Waals surface area contributed by atoms with Crippen LogP contribution >= 0.6 is 0 Å². The zero-order valence-electron chi connectivity index (χ0n) is 18.3. The number of benzene rings is 3. The Morgan fingerprint density at radius 1 is 1.18 bits per heavy atom. The predicted molar refractivity (Wildman–Crippen MR) is 127 cm³/mol. The molecule has 0 atom stereocenters. The van der Waals surface area contributed by atoms with E-state index in [1.807, 2.05) is 30.3 Å². The summed E-state index contributed by atoms with van der Waals surface area (Å²) in [7, 11) is 1.51. The van der Waals surface area contributed by atoms with E-state index in [0.717, 1.165) is 15.5 Å². The molecule has 1 heterocycles. The van der Waals surface area contributed by atoms with Gasteiger partial charge in [0.25, 0.3) is 11.5 Å². The minimum absolute atomic E-state index is 0.00540. The van der Waals surface area contributed by atoms with E-state index in [-0.39, 0.29) is 22.6 Å². The van der Waals surface area contributed by atoms with E-state index in [9.17, 15) is 20.0 Å². The highest BCUT2D eigenvalue weighted by Crippen LogP contribution is 2.25. The first-order valence-electron chi connectivity index (χ1n) is 10.2. The second-order valence-corrected chi connectivity index (χ2v) is 7.29. The van der Waals surface area contributed by atoms with Crippen molar-refractivity contribution in [1.29, 1.82) is 5.26 Å². The number of hydrazone groups is 1. The van der Waals surface area contributed by atoms with Crippen molar-refractivity contribution in [3.05, 3.63) is 93.4 Å². The van der Waals surface area contributed by atoms with Gasteiger partial charge in [-0.15, -0.1) is 0 Å². The summed E-state index contributed by atoms with van der Waals surface area (Å²) in [5.41, 5.74) is 2.31. The van der Waals surface area contributed by atoms with E-state index < -0.39 is 11.5 Å². The molecular formula is C25H19N5O4. The standard InChI is InChI=1S/C25H19N5O4/c1-15-20(13-26)25(33)30(17-8-10-18(34-2)11-9-17)29-23(15)24(32)28-27-14-21-19-6-4-3-5-16(19)7-12-22(21)31/h3-12,14,31H,1-2H3,(H,28,32)/b27-14-. The first-order chi connectivity index (χ1) is 16.4. The van der Waals surface area contributed by atoms with E-state index >= 15 is 0 Å². The van der Waals surface area contributed by atoms with Crippen LogP contribution in [0.25, 0.3) is 16.5 Å². The van der Waals surface area contributed by atoms with Gasteiger partial charge in [0.15, 0.2) is 5.69 Å². The molecule has 1 aromatic heterocycles. The van der Waals surface area contributed by atoms with Gasteiger partial charge in [-0.3, -0.25) is 9.59 Å². The number of carbonyl (C=O) groups is 1. The van der Waals surface area contributed by atoms with E-state index in [1.54, 1.807) is 36.4 Å². The number of phenols is 1. The molecule has 0 saturated heterocycles. The van der Waals surface area contributed by atoms with Crippen LogP contribution < -0.4 is 15.7 Å². The normalized spacial score (nSPS) is 10.9. The Morgan fingerprint density at radius 3 is 2.62 bits per heavy atom. The van der Waals surface area contributed by atoms with E-state index in [0.29, 0.717) is 17.0 Å². The summed E-state index contributed by atoms with van der Waals surface area (Å²) < 4.78 is 6.11. The fourth-order valence-corrected chi connectivity index (χ4v) is 3.48. The van der Waals surface area contributed by atoms with E-state index in [2.05, 4.69) is 15.6 Å². The quantitative estimate of drug-likeness (QED) is 0.353. The number of rotatable bonds is 5. The van der Waals surface area contributed by atoms with Gasteiger partial charge in [0.2, 0.25) is 0 Å². The number of aromatic hydroxyl groups is 1. The smallest absolute Gasteiger partial charge is 0.292 e. The molecule has 0 fully saturated rings. The number of nitriles is 1. The Bertz CT molecular complexity index is 1530. The Hall–Kier alpha value is -4.97. The Labute approximate surface area is 194 Å². The third kappa shape index (κ3) is 4.08. The number of ether oxygens (including phenoxy) is 1. The number of methoxy groups -OCH3 is 1. The van der Waals surface area contributed by atoms with Gasteiger partial charge in [0.1, 0.15) is 23.1 Å². The van der Waals surface area contributed by atoms with Gasteiger partial charge in [-0.25, -0.2) is 5.43 Å². The number of fused-ring (bicyclic) bond motifs is 1. The van der Waals surface area contributed by atoms with Crippen LogP contribution in [0.1, 0.15) is 27.2 Å². The van der Waals surface area contributed by atoms with Gasteiger partial charge < -0.3 is 9.84 Å². The lowest BCUT2D eigenvalue weighted by Crippen LogP contribution is -2.31. The third-order valence-corrected chi connectivity index (χ3v) is 5.29. The summed E-state index contributed by atoms with van der Waals surface area (Å²) in [6.45, 7) is 1.47. The fourth-order valence-electron chi connectivity index (χ4n) is 3.48. The number of nitrogens with zero attached hydrogens (tertiary/aromatic N) is 4. The van der Waals surface area contributed by atoms with E-state index in [4.69, 9.17) is 4.74 Å². The number of hydrogen-bond acceptors (Lipinski definition) is 7. The van der Waals surface area contributed by atoms with Crippen molar-refractivity contribution in [2.24, 2.45) is 5.10 Å². The molecule has 4 rings (SSSR count). The van der Waals surface area contributed by atoms with Gasteiger partial charge in [-0.05, 0) is 48.0 Å². The zero-order chi connectivity index (χ0) is 24.2. The number of aromatic nitrogens is 2. The summed E-state index contributed by atoms with van der Waals surface area (Å²) in [4.78, 5) is 25.6. The van der Waals surface area contributed by atoms with Crippen molar-refractivity contribution in [2.45, 2.75) is 6.92 Å². The van der Waals surface area contributed by atoms with Crippen LogP contribution in [0.5, 0.6) is 11.5 Å². The Kier molecular flexibility index (Phi) is 6.05. The number of hydrogen-bond donors (Lipinski definition) is 2. The largest absolute Gasteiger partial charge is 0.507 e. The van der Waals surface area contributed by atoms with Crippen molar-refractivity contribution >= 4 is 22.9 Å². The van der Waals surface area contributed by atoms with Gasteiger partial charge >= 0.3 is 0 Å². The molecule has 168 valence electrons. The molecule has 0 saturated carbocycles. The molecule has 2 N–H and O–H groups in total. The molecule has 0 unspecified atom stereocenters. The summed E-state index contributed by atoms with van der Waals surface area (Å²) in [6, 6.07) is 19.0. The number of phenolic OH excluding ortho intramolecular Hbond substituents is 1. The van der Waals surface area contributed by atoms with Crippen molar-refractivity contribution in [3.63, 3.8) is 0 Å². The molecule has 0 aliphatic heterocycles. The lowest BCUT2D eigenvalue weighted by atomic mass is 10.0. The summed E-state index contributed by atoms with van der Waals surface area (Å²) in [6.07, 6.45) is 1.33. The first kappa shape index (κ1) is 22.2. The molecule has 0 aliphatic carbocycles. The van der Waals surface area contributed by atoms with Crippen LogP contribution in [0.2, 0.25) is 0 Å². The van der Waals surface area contributed by atoms with Crippen LogP contribution in [0.3, 0.4) is 0 Å². The highest BCUT2D eigenvalue weighted by Gasteiger charge is 2.20. The van der Waals surface area contributed by atoms with Crippen LogP contribution in [0, 0.1) is 18.3 Å². The lowest BCUT2D eigenvalue weighted by molar-refractivity contribution is 0.0947. The van der Waals surface area contributed by atoms with Gasteiger partial charge in [-0.1, -0.05) is 30.3 Å². The highest BCUT2D eigenvalue weighted by molar-refractivity contribution is 6.03. The molecule has 34 heavy (non-hydrogen) atoms. The van der Waals surface area contributed by atoms with Gasteiger partial charge in [0.05, 0.1) is 19.0 Å². The molecule has 0 aliphatic rings. The van der Waals surface area contributed by atoms with Crippen LogP contribution in [-0.2, 0) is 0 Å². The maximum atomic E-state index is 12.9. The van der Waals surface area contributed by atoms with Crippen molar-refractivity contribution in [1.82, 2.24) is 15.2 Å². The summed E-state index contributed by atoms with van der Waals surface area (Å²) in [5, 5.41) is 29.5. The SMILES string of the molecule is COc1ccc(-n2nc(C(=O)N/N=C\c3c(O)ccc4ccccc34)c(C)c(C#N)c2=O)cc1. The summed E-state index contributed by atoms with van der Waals surface area (Å²) >= 11 is 0. The number of carbonyl (C=O) groups excluding carboxylic acids is 1. The van der Waals surface area contributed by atoms with Crippen molar-refractivity contribution in [3.8, 4) is 23.3 Å². The molecule has 9 nitrogen and oxygen atoms in total. The monoisotopic (exact) mass is 453 g/mol. The van der Waals surface area contributed by atoms with Crippen LogP contribution in [-0.4, -0.2) is 34.1 Å².